The minimum absolute atomic E-state index is 0. The monoisotopic (exact) mass is 772 g/mol. The Hall–Kier alpha value is -4.05. The minimum Gasteiger partial charge on any atom is -1.00 e. The Bertz CT molecular complexity index is 2230. The fourth-order valence-electron chi connectivity index (χ4n) is 6.74. The van der Waals surface area contributed by atoms with Crippen LogP contribution in [0.3, 0.4) is 0 Å². The van der Waals surface area contributed by atoms with Crippen LogP contribution in [0.25, 0.3) is 66.4 Å². The van der Waals surface area contributed by atoms with Crippen LogP contribution in [0.5, 0.6) is 0 Å². The van der Waals surface area contributed by atoms with Crippen molar-refractivity contribution in [2.24, 2.45) is 0 Å². The third-order valence-corrected chi connectivity index (χ3v) is 9.68. The van der Waals surface area contributed by atoms with Crippen molar-refractivity contribution in [2.45, 2.75) is 66.2 Å². The van der Waals surface area contributed by atoms with Crippen molar-refractivity contribution in [1.29, 1.82) is 0 Å². The molecule has 0 spiro atoms. The average Bonchev–Trinajstić information content (AvgIpc) is 3.90. The first-order chi connectivity index (χ1) is 23.8. The second kappa shape index (κ2) is 16.5. The van der Waals surface area contributed by atoms with Gasteiger partial charge in [0.2, 0.25) is 0 Å². The normalized spacial score (nSPS) is 11.3. The van der Waals surface area contributed by atoms with E-state index in [-0.39, 0.29) is 57.4 Å². The van der Waals surface area contributed by atoms with Gasteiger partial charge in [0.1, 0.15) is 0 Å². The first-order valence-electron chi connectivity index (χ1n) is 17.6. The van der Waals surface area contributed by atoms with E-state index in [0.29, 0.717) is 0 Å². The fourth-order valence-corrected chi connectivity index (χ4v) is 6.74. The van der Waals surface area contributed by atoms with Crippen LogP contribution in [0, 0.1) is 13.8 Å². The average molecular weight is 774 g/mol. The van der Waals surface area contributed by atoms with Crippen molar-refractivity contribution in [2.75, 3.05) is 0 Å². The smallest absolute Gasteiger partial charge is 1.00 e. The number of fused-ring (bicyclic) bond motifs is 2. The standard InChI is InChI=1S/2C24H23O.2ClH.Ti/c2*1-16-8-13-23(25-16)19-14-18-6-5-7-21(22(18)15-19)17-9-11-20(12-10-17)24(2,3)4;;;/h2*5-15H,1-4H3;2*1H;/q2*-1;;;+4/p-2. The molecule has 53 heavy (non-hydrogen) atoms. The van der Waals surface area contributed by atoms with E-state index in [9.17, 15) is 0 Å². The van der Waals surface area contributed by atoms with Gasteiger partial charge in [-0.3, -0.25) is 0 Å². The second-order valence-corrected chi connectivity index (χ2v) is 15.6. The van der Waals surface area contributed by atoms with E-state index in [4.69, 9.17) is 8.83 Å². The van der Waals surface area contributed by atoms with Gasteiger partial charge in [-0.25, -0.2) is 0 Å². The zero-order valence-electron chi connectivity index (χ0n) is 31.8. The Morgan fingerprint density at radius 1 is 0.453 bits per heavy atom. The third-order valence-electron chi connectivity index (χ3n) is 9.68. The van der Waals surface area contributed by atoms with Crippen molar-refractivity contribution in [3.05, 3.63) is 156 Å². The van der Waals surface area contributed by atoms with Gasteiger partial charge in [0.15, 0.2) is 0 Å². The molecule has 0 aliphatic carbocycles. The molecule has 8 aromatic rings. The molecule has 5 heteroatoms. The number of rotatable bonds is 4. The Morgan fingerprint density at radius 3 is 1.11 bits per heavy atom. The van der Waals surface area contributed by atoms with Gasteiger partial charge in [-0.05, 0) is 71.2 Å². The number of halogens is 2. The molecule has 2 nitrogen and oxygen atoms in total. The minimum atomic E-state index is 0. The van der Waals surface area contributed by atoms with E-state index in [0.717, 1.165) is 34.2 Å². The van der Waals surface area contributed by atoms with Gasteiger partial charge in [0.05, 0.1) is 23.0 Å². The summed E-state index contributed by atoms with van der Waals surface area (Å²) < 4.78 is 11.6. The zero-order chi connectivity index (χ0) is 35.2. The summed E-state index contributed by atoms with van der Waals surface area (Å²) in [5.41, 5.74) is 10.4. The number of furan rings is 2. The van der Waals surface area contributed by atoms with Crippen LogP contribution in [0.15, 0.2) is 142 Å². The van der Waals surface area contributed by atoms with Gasteiger partial charge in [0, 0.05) is 0 Å². The number of aryl methyl sites for hydroxylation is 2. The Morgan fingerprint density at radius 2 is 0.811 bits per heavy atom. The summed E-state index contributed by atoms with van der Waals surface area (Å²) in [5, 5.41) is 5.05. The second-order valence-electron chi connectivity index (χ2n) is 15.6. The molecule has 0 amide bonds. The maximum atomic E-state index is 5.80. The largest absolute Gasteiger partial charge is 4.00 e. The summed E-state index contributed by atoms with van der Waals surface area (Å²) in [6.07, 6.45) is 0. The Labute approximate surface area is 342 Å². The van der Waals surface area contributed by atoms with Gasteiger partial charge < -0.3 is 33.6 Å². The molecule has 0 aliphatic heterocycles. The van der Waals surface area contributed by atoms with E-state index < -0.39 is 0 Å². The molecule has 0 radical (unpaired) electrons. The van der Waals surface area contributed by atoms with E-state index in [2.05, 4.69) is 151 Å². The summed E-state index contributed by atoms with van der Waals surface area (Å²) in [4.78, 5) is 0. The third kappa shape index (κ3) is 9.02. The predicted octanol–water partition coefficient (Wildman–Crippen LogP) is 8.19. The quantitative estimate of drug-likeness (QED) is 0.133. The van der Waals surface area contributed by atoms with E-state index in [1.807, 2.05) is 38.1 Å². The van der Waals surface area contributed by atoms with Crippen LogP contribution in [0.4, 0.5) is 0 Å². The van der Waals surface area contributed by atoms with Crippen molar-refractivity contribution in [1.82, 2.24) is 0 Å². The molecule has 0 unspecified atom stereocenters. The van der Waals surface area contributed by atoms with E-state index in [1.165, 1.54) is 54.9 Å². The molecule has 8 rings (SSSR count). The van der Waals surface area contributed by atoms with Gasteiger partial charge >= 0.3 is 21.7 Å². The first kappa shape index (κ1) is 41.7. The molecule has 2 aromatic heterocycles. The molecule has 0 bridgehead atoms. The number of hydrogen-bond donors (Lipinski definition) is 0. The molecule has 0 saturated carbocycles. The molecular formula is C48H46Cl2O2Ti. The van der Waals surface area contributed by atoms with Crippen LogP contribution < -0.4 is 24.8 Å². The summed E-state index contributed by atoms with van der Waals surface area (Å²) in [7, 11) is 0. The molecule has 268 valence electrons. The van der Waals surface area contributed by atoms with E-state index >= 15 is 0 Å². The topological polar surface area (TPSA) is 26.3 Å². The summed E-state index contributed by atoms with van der Waals surface area (Å²) in [6.45, 7) is 17.4. The van der Waals surface area contributed by atoms with Crippen molar-refractivity contribution < 1.29 is 55.4 Å². The van der Waals surface area contributed by atoms with Crippen LogP contribution in [-0.2, 0) is 32.5 Å². The van der Waals surface area contributed by atoms with Crippen LogP contribution >= 0.6 is 0 Å². The Balaban J connectivity index is 0.000000224. The number of hydrogen-bond acceptors (Lipinski definition) is 2. The molecule has 0 atom stereocenters. The van der Waals surface area contributed by atoms with Crippen LogP contribution in [0.2, 0.25) is 0 Å². The maximum absolute atomic E-state index is 5.80. The number of benzene rings is 4. The van der Waals surface area contributed by atoms with E-state index in [1.54, 1.807) is 0 Å². The molecule has 2 heterocycles. The van der Waals surface area contributed by atoms with Crippen molar-refractivity contribution in [3.63, 3.8) is 0 Å². The predicted molar refractivity (Wildman–Crippen MR) is 212 cm³/mol. The molecule has 0 fully saturated rings. The van der Waals surface area contributed by atoms with Crippen LogP contribution in [-0.4, -0.2) is 0 Å². The van der Waals surface area contributed by atoms with Gasteiger partial charge in [-0.1, -0.05) is 137 Å². The van der Waals surface area contributed by atoms with Crippen LogP contribution in [0.1, 0.15) is 64.2 Å². The fraction of sp³-hybridized carbons (Fsp3) is 0.208. The summed E-state index contributed by atoms with van der Waals surface area (Å²) in [5.74, 6) is 3.75. The van der Waals surface area contributed by atoms with Crippen molar-refractivity contribution in [3.8, 4) is 44.9 Å². The maximum Gasteiger partial charge on any atom is 4.00 e. The molecular weight excluding hydrogens is 727 g/mol. The van der Waals surface area contributed by atoms with Crippen molar-refractivity contribution >= 4 is 21.5 Å². The first-order valence-corrected chi connectivity index (χ1v) is 17.6. The molecule has 0 N–H and O–H groups in total. The zero-order valence-corrected chi connectivity index (χ0v) is 34.8. The molecule has 0 saturated heterocycles. The Kier molecular flexibility index (Phi) is 13.0. The summed E-state index contributed by atoms with van der Waals surface area (Å²) in [6, 6.07) is 47.9. The SMILES string of the molecule is Cc1ccc(-c2cc3c(-c4ccc(C(C)(C)C)cc4)cccc3[cH-]2)o1.Cc1ccc(-c2cc3c(-c4ccc(C(C)(C)C)cc4)cccc3[cH-]2)o1.[Cl-].[Cl-].[Ti+4]. The van der Waals surface area contributed by atoms with Gasteiger partial charge in [-0.15, -0.1) is 57.9 Å². The van der Waals surface area contributed by atoms with Gasteiger partial charge in [-0.2, -0.15) is 0 Å². The summed E-state index contributed by atoms with van der Waals surface area (Å²) >= 11 is 0. The van der Waals surface area contributed by atoms with Gasteiger partial charge in [0.25, 0.3) is 0 Å². The molecule has 0 aliphatic rings. The molecule has 6 aromatic carbocycles.